The highest BCUT2D eigenvalue weighted by atomic mass is 35.5. The maximum Gasteiger partial charge on any atom is 0.0406 e. The molecule has 2 heteroatoms. The van der Waals surface area contributed by atoms with Gasteiger partial charge in [-0.05, 0) is 55.5 Å². The first kappa shape index (κ1) is 16.5. The van der Waals surface area contributed by atoms with Crippen LogP contribution in [0.1, 0.15) is 45.6 Å². The topological polar surface area (TPSA) is 12.0 Å². The van der Waals surface area contributed by atoms with Crippen molar-refractivity contribution < 1.29 is 0 Å². The molecular formula is C17H28ClN. The summed E-state index contributed by atoms with van der Waals surface area (Å²) in [5.74, 6) is 1.46. The van der Waals surface area contributed by atoms with Crippen molar-refractivity contribution in [1.29, 1.82) is 0 Å². The van der Waals surface area contributed by atoms with E-state index in [0.29, 0.717) is 0 Å². The van der Waals surface area contributed by atoms with Crippen molar-refractivity contribution in [2.24, 2.45) is 11.8 Å². The summed E-state index contributed by atoms with van der Waals surface area (Å²) in [7, 11) is 0. The Hall–Kier alpha value is -0.530. The van der Waals surface area contributed by atoms with Crippen molar-refractivity contribution in [1.82, 2.24) is 5.32 Å². The molecule has 1 nitrogen and oxygen atoms in total. The van der Waals surface area contributed by atoms with E-state index in [9.17, 15) is 0 Å². The molecule has 1 atom stereocenters. The summed E-state index contributed by atoms with van der Waals surface area (Å²) in [4.78, 5) is 0. The third-order valence-corrected chi connectivity index (χ3v) is 3.64. The SMILES string of the molecule is CCCCC(CNCC(C)C)Cc1ccc(Cl)cc1. The number of hydrogen-bond donors (Lipinski definition) is 1. The van der Waals surface area contributed by atoms with Crippen LogP contribution in [-0.2, 0) is 6.42 Å². The predicted molar refractivity (Wildman–Crippen MR) is 85.9 cm³/mol. The maximum atomic E-state index is 5.94. The molecule has 0 fully saturated rings. The van der Waals surface area contributed by atoms with Crippen LogP contribution in [-0.4, -0.2) is 13.1 Å². The maximum absolute atomic E-state index is 5.94. The minimum atomic E-state index is 0.724. The monoisotopic (exact) mass is 281 g/mol. The predicted octanol–water partition coefficient (Wildman–Crippen LogP) is 4.93. The van der Waals surface area contributed by atoms with Crippen molar-refractivity contribution in [2.45, 2.75) is 46.5 Å². The van der Waals surface area contributed by atoms with Gasteiger partial charge in [0.15, 0.2) is 0 Å². The fourth-order valence-corrected chi connectivity index (χ4v) is 2.43. The second-order valence-electron chi connectivity index (χ2n) is 5.89. The molecule has 0 aliphatic carbocycles. The lowest BCUT2D eigenvalue weighted by Gasteiger charge is -2.18. The van der Waals surface area contributed by atoms with Gasteiger partial charge in [-0.3, -0.25) is 0 Å². The highest BCUT2D eigenvalue weighted by Gasteiger charge is 2.09. The second kappa shape index (κ2) is 9.39. The molecule has 19 heavy (non-hydrogen) atoms. The quantitative estimate of drug-likeness (QED) is 0.676. The average molecular weight is 282 g/mol. The summed E-state index contributed by atoms with van der Waals surface area (Å²) in [6.45, 7) is 9.02. The molecule has 1 unspecified atom stereocenters. The van der Waals surface area contributed by atoms with E-state index in [0.717, 1.165) is 36.4 Å². The van der Waals surface area contributed by atoms with Crippen molar-refractivity contribution in [3.63, 3.8) is 0 Å². The van der Waals surface area contributed by atoms with Crippen LogP contribution in [0.2, 0.25) is 5.02 Å². The van der Waals surface area contributed by atoms with Gasteiger partial charge in [0.2, 0.25) is 0 Å². The van der Waals surface area contributed by atoms with Crippen LogP contribution in [0.15, 0.2) is 24.3 Å². The van der Waals surface area contributed by atoms with Gasteiger partial charge in [0.1, 0.15) is 0 Å². The standard InChI is InChI=1S/C17H28ClN/c1-4-5-6-16(13-19-12-14(2)3)11-15-7-9-17(18)10-8-15/h7-10,14,16,19H,4-6,11-13H2,1-3H3. The van der Waals surface area contributed by atoms with Crippen LogP contribution in [0.4, 0.5) is 0 Å². The Kier molecular flexibility index (Phi) is 8.16. The van der Waals surface area contributed by atoms with Gasteiger partial charge in [0, 0.05) is 5.02 Å². The molecule has 0 saturated heterocycles. The van der Waals surface area contributed by atoms with Crippen LogP contribution in [0, 0.1) is 11.8 Å². The fraction of sp³-hybridized carbons (Fsp3) is 0.647. The lowest BCUT2D eigenvalue weighted by Crippen LogP contribution is -2.27. The number of hydrogen-bond acceptors (Lipinski definition) is 1. The molecule has 1 aromatic carbocycles. The van der Waals surface area contributed by atoms with E-state index in [1.54, 1.807) is 0 Å². The first-order valence-corrected chi connectivity index (χ1v) is 7.94. The highest BCUT2D eigenvalue weighted by Crippen LogP contribution is 2.17. The summed E-state index contributed by atoms with van der Waals surface area (Å²) < 4.78 is 0. The molecule has 0 saturated carbocycles. The third kappa shape index (κ3) is 7.59. The van der Waals surface area contributed by atoms with Gasteiger partial charge in [0.05, 0.1) is 0 Å². The summed E-state index contributed by atoms with van der Waals surface area (Å²) >= 11 is 5.94. The number of halogens is 1. The van der Waals surface area contributed by atoms with Gasteiger partial charge >= 0.3 is 0 Å². The number of unbranched alkanes of at least 4 members (excludes halogenated alkanes) is 1. The van der Waals surface area contributed by atoms with Crippen molar-refractivity contribution in [2.75, 3.05) is 13.1 Å². The van der Waals surface area contributed by atoms with Gasteiger partial charge in [-0.2, -0.15) is 0 Å². The Morgan fingerprint density at radius 2 is 1.79 bits per heavy atom. The molecule has 0 bridgehead atoms. The fourth-order valence-electron chi connectivity index (χ4n) is 2.30. The summed E-state index contributed by atoms with van der Waals surface area (Å²) in [5, 5.41) is 4.43. The van der Waals surface area contributed by atoms with Crippen molar-refractivity contribution >= 4 is 11.6 Å². The minimum absolute atomic E-state index is 0.724. The van der Waals surface area contributed by atoms with Gasteiger partial charge in [-0.15, -0.1) is 0 Å². The molecule has 0 aromatic heterocycles. The third-order valence-electron chi connectivity index (χ3n) is 3.39. The zero-order valence-corrected chi connectivity index (χ0v) is 13.3. The molecule has 0 aliphatic heterocycles. The Bertz CT molecular complexity index is 332. The zero-order valence-electron chi connectivity index (χ0n) is 12.6. The molecule has 108 valence electrons. The molecular weight excluding hydrogens is 254 g/mol. The lowest BCUT2D eigenvalue weighted by atomic mass is 9.94. The van der Waals surface area contributed by atoms with E-state index in [1.165, 1.54) is 24.8 Å². The molecule has 0 amide bonds. The van der Waals surface area contributed by atoms with Crippen LogP contribution < -0.4 is 5.32 Å². The smallest absolute Gasteiger partial charge is 0.0406 e. The first-order chi connectivity index (χ1) is 9.11. The van der Waals surface area contributed by atoms with E-state index >= 15 is 0 Å². The average Bonchev–Trinajstić information content (AvgIpc) is 2.38. The zero-order chi connectivity index (χ0) is 14.1. The van der Waals surface area contributed by atoms with Crippen LogP contribution in [0.25, 0.3) is 0 Å². The Morgan fingerprint density at radius 3 is 2.37 bits per heavy atom. The van der Waals surface area contributed by atoms with Gasteiger partial charge in [-0.1, -0.05) is 57.3 Å². The second-order valence-corrected chi connectivity index (χ2v) is 6.33. The van der Waals surface area contributed by atoms with E-state index < -0.39 is 0 Å². The van der Waals surface area contributed by atoms with Crippen LogP contribution in [0.3, 0.4) is 0 Å². The first-order valence-electron chi connectivity index (χ1n) is 7.57. The Labute approximate surface area is 123 Å². The number of rotatable bonds is 9. The van der Waals surface area contributed by atoms with E-state index in [2.05, 4.69) is 38.2 Å². The number of nitrogens with one attached hydrogen (secondary N) is 1. The van der Waals surface area contributed by atoms with E-state index in [1.807, 2.05) is 12.1 Å². The van der Waals surface area contributed by atoms with E-state index in [-0.39, 0.29) is 0 Å². The van der Waals surface area contributed by atoms with E-state index in [4.69, 9.17) is 11.6 Å². The molecule has 1 N–H and O–H groups in total. The van der Waals surface area contributed by atoms with Gasteiger partial charge in [-0.25, -0.2) is 0 Å². The van der Waals surface area contributed by atoms with Crippen molar-refractivity contribution in [3.8, 4) is 0 Å². The lowest BCUT2D eigenvalue weighted by molar-refractivity contribution is 0.413. The van der Waals surface area contributed by atoms with Crippen LogP contribution >= 0.6 is 11.6 Å². The Balaban J connectivity index is 2.45. The van der Waals surface area contributed by atoms with Gasteiger partial charge < -0.3 is 5.32 Å². The summed E-state index contributed by atoms with van der Waals surface area (Å²) in [6.07, 6.45) is 5.06. The molecule has 0 heterocycles. The molecule has 1 aromatic rings. The summed E-state index contributed by atoms with van der Waals surface area (Å²) in [6, 6.07) is 8.30. The molecule has 1 rings (SSSR count). The molecule has 0 radical (unpaired) electrons. The highest BCUT2D eigenvalue weighted by molar-refractivity contribution is 6.30. The number of benzene rings is 1. The van der Waals surface area contributed by atoms with Gasteiger partial charge in [0.25, 0.3) is 0 Å². The molecule has 0 aliphatic rings. The minimum Gasteiger partial charge on any atom is -0.316 e. The molecule has 0 spiro atoms. The Morgan fingerprint density at radius 1 is 1.11 bits per heavy atom. The summed E-state index contributed by atoms with van der Waals surface area (Å²) in [5.41, 5.74) is 1.40. The normalized spacial score (nSPS) is 12.9. The largest absolute Gasteiger partial charge is 0.316 e. The van der Waals surface area contributed by atoms with Crippen molar-refractivity contribution in [3.05, 3.63) is 34.9 Å². The van der Waals surface area contributed by atoms with Crippen LogP contribution in [0.5, 0.6) is 0 Å².